The van der Waals surface area contributed by atoms with Crippen LogP contribution >= 0.6 is 11.6 Å². The van der Waals surface area contributed by atoms with Gasteiger partial charge in [0.05, 0.1) is 17.2 Å². The average Bonchev–Trinajstić information content (AvgIpc) is 2.69. The van der Waals surface area contributed by atoms with Gasteiger partial charge < -0.3 is 21.1 Å². The lowest BCUT2D eigenvalue weighted by atomic mass is 9.49. The Balaban J connectivity index is 1.30. The molecule has 0 radical (unpaired) electrons. The van der Waals surface area contributed by atoms with Crippen LogP contribution in [-0.2, 0) is 6.54 Å². The number of carbonyl (C=O) groups is 1. The first-order valence-corrected chi connectivity index (χ1v) is 11.5. The second-order valence-corrected chi connectivity index (χ2v) is 9.97. The number of halogens is 1. The number of hydrogen-bond donors (Lipinski definition) is 4. The van der Waals surface area contributed by atoms with Crippen molar-refractivity contribution in [2.45, 2.75) is 45.1 Å². The van der Waals surface area contributed by atoms with Crippen molar-refractivity contribution in [3.8, 4) is 0 Å². The SMILES string of the molecule is O=C(NCC12CC3CC(CC(C3)C1)C2)c1cc(CNCCNCCO)ccc1Cl. The van der Waals surface area contributed by atoms with Gasteiger partial charge in [0.2, 0.25) is 0 Å². The van der Waals surface area contributed by atoms with E-state index in [2.05, 4.69) is 16.0 Å². The summed E-state index contributed by atoms with van der Waals surface area (Å²) in [5, 5.41) is 19.0. The molecule has 0 atom stereocenters. The van der Waals surface area contributed by atoms with Gasteiger partial charge in [0.25, 0.3) is 5.91 Å². The maximum Gasteiger partial charge on any atom is 0.252 e. The van der Waals surface area contributed by atoms with E-state index in [4.69, 9.17) is 16.7 Å². The Kier molecular flexibility index (Phi) is 6.80. The molecular formula is C23H34ClN3O2. The predicted molar refractivity (Wildman–Crippen MR) is 116 cm³/mol. The van der Waals surface area contributed by atoms with Crippen molar-refractivity contribution in [2.24, 2.45) is 23.2 Å². The fourth-order valence-electron chi connectivity index (χ4n) is 6.34. The van der Waals surface area contributed by atoms with Gasteiger partial charge in [0.1, 0.15) is 0 Å². The molecule has 4 bridgehead atoms. The van der Waals surface area contributed by atoms with Crippen LogP contribution in [0.25, 0.3) is 0 Å². The molecule has 4 saturated carbocycles. The molecule has 29 heavy (non-hydrogen) atoms. The van der Waals surface area contributed by atoms with Gasteiger partial charge in [0, 0.05) is 32.7 Å². The fourth-order valence-corrected chi connectivity index (χ4v) is 6.54. The minimum absolute atomic E-state index is 0.0443. The molecule has 0 aliphatic heterocycles. The molecule has 0 aromatic heterocycles. The van der Waals surface area contributed by atoms with Crippen molar-refractivity contribution in [2.75, 3.05) is 32.8 Å². The zero-order valence-electron chi connectivity index (χ0n) is 17.2. The molecule has 5 rings (SSSR count). The summed E-state index contributed by atoms with van der Waals surface area (Å²) in [6, 6.07) is 5.69. The van der Waals surface area contributed by atoms with E-state index in [1.165, 1.54) is 38.5 Å². The number of hydrogen-bond acceptors (Lipinski definition) is 4. The van der Waals surface area contributed by atoms with E-state index in [1.807, 2.05) is 18.2 Å². The van der Waals surface area contributed by atoms with Crippen molar-refractivity contribution in [3.63, 3.8) is 0 Å². The summed E-state index contributed by atoms with van der Waals surface area (Å²) in [5.74, 6) is 2.63. The highest BCUT2D eigenvalue weighted by Gasteiger charge is 2.50. The quantitative estimate of drug-likeness (QED) is 0.440. The molecule has 0 unspecified atom stereocenters. The normalized spacial score (nSPS) is 29.9. The van der Waals surface area contributed by atoms with Crippen LogP contribution in [0.3, 0.4) is 0 Å². The van der Waals surface area contributed by atoms with Gasteiger partial charge in [-0.3, -0.25) is 4.79 Å². The zero-order chi connectivity index (χ0) is 20.3. The first-order chi connectivity index (χ1) is 14.1. The number of rotatable bonds is 10. The summed E-state index contributed by atoms with van der Waals surface area (Å²) >= 11 is 6.35. The molecule has 4 fully saturated rings. The van der Waals surface area contributed by atoms with Gasteiger partial charge in [-0.05, 0) is 79.4 Å². The van der Waals surface area contributed by atoms with Crippen molar-refractivity contribution in [3.05, 3.63) is 34.3 Å². The third-order valence-electron chi connectivity index (χ3n) is 7.16. The first kappa shape index (κ1) is 21.1. The maximum atomic E-state index is 12.9. The van der Waals surface area contributed by atoms with E-state index in [-0.39, 0.29) is 12.5 Å². The number of aliphatic hydroxyl groups excluding tert-OH is 1. The topological polar surface area (TPSA) is 73.4 Å². The summed E-state index contributed by atoms with van der Waals surface area (Å²) in [6.07, 6.45) is 8.14. The Morgan fingerprint density at radius 2 is 1.69 bits per heavy atom. The minimum atomic E-state index is -0.0443. The third kappa shape index (κ3) is 5.13. The van der Waals surface area contributed by atoms with Crippen LogP contribution in [0.4, 0.5) is 0 Å². The lowest BCUT2D eigenvalue weighted by molar-refractivity contribution is -0.0503. The molecule has 1 aromatic carbocycles. The molecule has 4 aliphatic rings. The molecule has 0 saturated heterocycles. The highest BCUT2D eigenvalue weighted by Crippen LogP contribution is 2.59. The molecular weight excluding hydrogens is 386 g/mol. The van der Waals surface area contributed by atoms with Gasteiger partial charge in [-0.15, -0.1) is 0 Å². The van der Waals surface area contributed by atoms with Gasteiger partial charge in [-0.25, -0.2) is 0 Å². The molecule has 4 N–H and O–H groups in total. The smallest absolute Gasteiger partial charge is 0.252 e. The molecule has 5 nitrogen and oxygen atoms in total. The summed E-state index contributed by atoms with van der Waals surface area (Å²) in [5.41, 5.74) is 1.96. The molecule has 0 spiro atoms. The van der Waals surface area contributed by atoms with E-state index < -0.39 is 0 Å². The third-order valence-corrected chi connectivity index (χ3v) is 7.49. The van der Waals surface area contributed by atoms with E-state index in [0.717, 1.165) is 43.0 Å². The number of carbonyl (C=O) groups excluding carboxylic acids is 1. The number of benzene rings is 1. The summed E-state index contributed by atoms with van der Waals surface area (Å²) in [6.45, 7) is 3.84. The molecule has 6 heteroatoms. The molecule has 0 heterocycles. The lowest BCUT2D eigenvalue weighted by Crippen LogP contribution is -2.51. The number of aliphatic hydroxyl groups is 1. The number of amides is 1. The van der Waals surface area contributed by atoms with Crippen molar-refractivity contribution < 1.29 is 9.90 Å². The highest BCUT2D eigenvalue weighted by atomic mass is 35.5. The average molecular weight is 420 g/mol. The lowest BCUT2D eigenvalue weighted by Gasteiger charge is -2.56. The molecule has 4 aliphatic carbocycles. The minimum Gasteiger partial charge on any atom is -0.395 e. The van der Waals surface area contributed by atoms with E-state index >= 15 is 0 Å². The van der Waals surface area contributed by atoms with Crippen molar-refractivity contribution in [1.29, 1.82) is 0 Å². The van der Waals surface area contributed by atoms with E-state index in [1.54, 1.807) is 0 Å². The predicted octanol–water partition coefficient (Wildman–Crippen LogP) is 2.96. The molecule has 160 valence electrons. The Labute approximate surface area is 179 Å². The van der Waals surface area contributed by atoms with E-state index in [9.17, 15) is 4.79 Å². The van der Waals surface area contributed by atoms with Gasteiger partial charge in [-0.1, -0.05) is 17.7 Å². The second-order valence-electron chi connectivity index (χ2n) is 9.56. The standard InChI is InChI=1S/C23H34ClN3O2/c24-21-2-1-16(14-26-4-3-25-5-6-28)10-20(21)22(29)27-15-23-11-17-7-18(12-23)9-19(8-17)13-23/h1-2,10,17-19,25-26,28H,3-9,11-15H2,(H,27,29). The Morgan fingerprint density at radius 3 is 2.34 bits per heavy atom. The number of nitrogens with one attached hydrogen (secondary N) is 3. The van der Waals surface area contributed by atoms with E-state index in [0.29, 0.717) is 29.1 Å². The molecule has 1 aromatic rings. The van der Waals surface area contributed by atoms with Gasteiger partial charge in [0.15, 0.2) is 0 Å². The molecule has 1 amide bonds. The largest absolute Gasteiger partial charge is 0.395 e. The summed E-state index contributed by atoms with van der Waals surface area (Å²) in [7, 11) is 0. The maximum absolute atomic E-state index is 12.9. The highest BCUT2D eigenvalue weighted by molar-refractivity contribution is 6.33. The van der Waals surface area contributed by atoms with Gasteiger partial charge >= 0.3 is 0 Å². The van der Waals surface area contributed by atoms with Crippen molar-refractivity contribution in [1.82, 2.24) is 16.0 Å². The second kappa shape index (κ2) is 9.34. The van der Waals surface area contributed by atoms with Crippen LogP contribution in [0.15, 0.2) is 18.2 Å². The van der Waals surface area contributed by atoms with Crippen LogP contribution in [0, 0.1) is 23.2 Å². The Bertz CT molecular complexity index is 689. The zero-order valence-corrected chi connectivity index (χ0v) is 17.9. The van der Waals surface area contributed by atoms with Crippen molar-refractivity contribution >= 4 is 17.5 Å². The summed E-state index contributed by atoms with van der Waals surface area (Å²) < 4.78 is 0. The van der Waals surface area contributed by atoms with Crippen LogP contribution in [0.1, 0.15) is 54.4 Å². The first-order valence-electron chi connectivity index (χ1n) is 11.2. The van der Waals surface area contributed by atoms with Crippen LogP contribution in [0.5, 0.6) is 0 Å². The fraction of sp³-hybridized carbons (Fsp3) is 0.696. The Hall–Kier alpha value is -1.14. The van der Waals surface area contributed by atoms with Gasteiger partial charge in [-0.2, -0.15) is 0 Å². The summed E-state index contributed by atoms with van der Waals surface area (Å²) in [4.78, 5) is 12.9. The monoisotopic (exact) mass is 419 g/mol. The van der Waals surface area contributed by atoms with Crippen LogP contribution in [-0.4, -0.2) is 43.8 Å². The Morgan fingerprint density at radius 1 is 1.03 bits per heavy atom. The van der Waals surface area contributed by atoms with Crippen LogP contribution < -0.4 is 16.0 Å². The van der Waals surface area contributed by atoms with Crippen LogP contribution in [0.2, 0.25) is 5.02 Å².